The summed E-state index contributed by atoms with van der Waals surface area (Å²) >= 11 is 0. The lowest BCUT2D eigenvalue weighted by molar-refractivity contribution is -0.116. The van der Waals surface area contributed by atoms with E-state index in [1.54, 1.807) is 18.2 Å². The molecule has 2 N–H and O–H groups in total. The summed E-state index contributed by atoms with van der Waals surface area (Å²) in [6.45, 7) is 10.5. The van der Waals surface area contributed by atoms with Gasteiger partial charge in [0.1, 0.15) is 0 Å². The second-order valence-electron chi connectivity index (χ2n) is 8.32. The molecule has 0 unspecified atom stereocenters. The summed E-state index contributed by atoms with van der Waals surface area (Å²) in [6, 6.07) is 15.6. The molecule has 4 nitrogen and oxygen atoms in total. The summed E-state index contributed by atoms with van der Waals surface area (Å²) < 4.78 is 0. The predicted octanol–water partition coefficient (Wildman–Crippen LogP) is 5.08. The van der Waals surface area contributed by atoms with Crippen LogP contribution in [-0.2, 0) is 16.6 Å². The standard InChI is InChI=1S/C24H32N2O2/c1-6-17(2)25-23(28)20-9-7-8-10-21(20)26-22(27)16-13-18-11-14-19(15-12-18)24(3,4)5/h7-12,14-15,17H,6,13,16H2,1-5H3,(H,25,28)(H,26,27)/t17-/m0/s1. The van der Waals surface area contributed by atoms with E-state index >= 15 is 0 Å². The van der Waals surface area contributed by atoms with E-state index in [2.05, 4.69) is 55.7 Å². The molecule has 2 amide bonds. The smallest absolute Gasteiger partial charge is 0.253 e. The van der Waals surface area contributed by atoms with Gasteiger partial charge in [0.2, 0.25) is 5.91 Å². The lowest BCUT2D eigenvalue weighted by atomic mass is 9.86. The summed E-state index contributed by atoms with van der Waals surface area (Å²) in [7, 11) is 0. The Bertz CT molecular complexity index is 804. The van der Waals surface area contributed by atoms with Gasteiger partial charge in [0.05, 0.1) is 11.3 Å². The first kappa shape index (κ1) is 21.7. The van der Waals surface area contributed by atoms with Crippen LogP contribution in [0.3, 0.4) is 0 Å². The van der Waals surface area contributed by atoms with Crippen molar-refractivity contribution in [1.29, 1.82) is 0 Å². The molecule has 0 aliphatic rings. The Labute approximate surface area is 168 Å². The lowest BCUT2D eigenvalue weighted by Gasteiger charge is -2.19. The van der Waals surface area contributed by atoms with Gasteiger partial charge in [-0.3, -0.25) is 9.59 Å². The minimum absolute atomic E-state index is 0.0901. The van der Waals surface area contributed by atoms with Gasteiger partial charge in [-0.15, -0.1) is 0 Å². The lowest BCUT2D eigenvalue weighted by Crippen LogP contribution is -2.32. The molecule has 0 spiro atoms. The number of para-hydroxylation sites is 1. The number of carbonyl (C=O) groups excluding carboxylic acids is 2. The predicted molar refractivity (Wildman–Crippen MR) is 116 cm³/mol. The van der Waals surface area contributed by atoms with E-state index in [0.29, 0.717) is 24.1 Å². The zero-order chi connectivity index (χ0) is 20.7. The van der Waals surface area contributed by atoms with Crippen molar-refractivity contribution in [2.45, 2.75) is 65.3 Å². The number of carbonyl (C=O) groups is 2. The molecule has 0 heterocycles. The van der Waals surface area contributed by atoms with Gasteiger partial charge in [0.15, 0.2) is 0 Å². The van der Waals surface area contributed by atoms with E-state index in [0.717, 1.165) is 12.0 Å². The minimum Gasteiger partial charge on any atom is -0.350 e. The molecule has 28 heavy (non-hydrogen) atoms. The quantitative estimate of drug-likeness (QED) is 0.703. The van der Waals surface area contributed by atoms with Crippen LogP contribution in [0.15, 0.2) is 48.5 Å². The number of rotatable bonds is 7. The van der Waals surface area contributed by atoms with E-state index in [4.69, 9.17) is 0 Å². The summed E-state index contributed by atoms with van der Waals surface area (Å²) in [5.41, 5.74) is 3.57. The molecule has 0 radical (unpaired) electrons. The highest BCUT2D eigenvalue weighted by Crippen LogP contribution is 2.22. The molecule has 0 bridgehead atoms. The Morgan fingerprint density at radius 1 is 1.00 bits per heavy atom. The van der Waals surface area contributed by atoms with Gasteiger partial charge in [-0.05, 0) is 48.4 Å². The normalized spacial score (nSPS) is 12.3. The average molecular weight is 381 g/mol. The van der Waals surface area contributed by atoms with Gasteiger partial charge < -0.3 is 10.6 Å². The van der Waals surface area contributed by atoms with Crippen molar-refractivity contribution < 1.29 is 9.59 Å². The van der Waals surface area contributed by atoms with Crippen LogP contribution < -0.4 is 10.6 Å². The van der Waals surface area contributed by atoms with Gasteiger partial charge in [-0.25, -0.2) is 0 Å². The number of hydrogen-bond donors (Lipinski definition) is 2. The fourth-order valence-electron chi connectivity index (χ4n) is 2.84. The average Bonchev–Trinajstić information content (AvgIpc) is 2.66. The van der Waals surface area contributed by atoms with Crippen molar-refractivity contribution in [2.24, 2.45) is 0 Å². The molecular formula is C24H32N2O2. The summed E-state index contributed by atoms with van der Waals surface area (Å²) in [5.74, 6) is -0.258. The highest BCUT2D eigenvalue weighted by Gasteiger charge is 2.15. The highest BCUT2D eigenvalue weighted by atomic mass is 16.2. The van der Waals surface area contributed by atoms with Crippen molar-refractivity contribution in [3.05, 3.63) is 65.2 Å². The summed E-state index contributed by atoms with van der Waals surface area (Å²) in [6.07, 6.45) is 1.89. The molecule has 0 aliphatic carbocycles. The van der Waals surface area contributed by atoms with E-state index in [9.17, 15) is 9.59 Å². The maximum atomic E-state index is 12.4. The SMILES string of the molecule is CC[C@H](C)NC(=O)c1ccccc1NC(=O)CCc1ccc(C(C)(C)C)cc1. The number of anilines is 1. The molecule has 0 aromatic heterocycles. The van der Waals surface area contributed by atoms with Crippen LogP contribution in [-0.4, -0.2) is 17.9 Å². The van der Waals surface area contributed by atoms with E-state index < -0.39 is 0 Å². The number of benzene rings is 2. The maximum Gasteiger partial charge on any atom is 0.253 e. The Kier molecular flexibility index (Phi) is 7.38. The molecule has 2 aromatic rings. The maximum absolute atomic E-state index is 12.4. The van der Waals surface area contributed by atoms with Crippen LogP contribution in [0.25, 0.3) is 0 Å². The van der Waals surface area contributed by atoms with E-state index in [1.807, 2.05) is 19.9 Å². The molecule has 0 saturated carbocycles. The van der Waals surface area contributed by atoms with Crippen LogP contribution in [0, 0.1) is 0 Å². The van der Waals surface area contributed by atoms with Crippen molar-refractivity contribution in [1.82, 2.24) is 5.32 Å². The molecule has 4 heteroatoms. The molecule has 150 valence electrons. The minimum atomic E-state index is -0.164. The second kappa shape index (κ2) is 9.54. The van der Waals surface area contributed by atoms with Crippen LogP contribution in [0.1, 0.15) is 68.9 Å². The molecular weight excluding hydrogens is 348 g/mol. The van der Waals surface area contributed by atoms with Crippen molar-refractivity contribution in [2.75, 3.05) is 5.32 Å². The van der Waals surface area contributed by atoms with Crippen molar-refractivity contribution in [3.63, 3.8) is 0 Å². The number of hydrogen-bond acceptors (Lipinski definition) is 2. The number of aryl methyl sites for hydroxylation is 1. The fraction of sp³-hybridized carbons (Fsp3) is 0.417. The molecule has 0 fully saturated rings. The van der Waals surface area contributed by atoms with Crippen LogP contribution in [0.4, 0.5) is 5.69 Å². The van der Waals surface area contributed by atoms with Gasteiger partial charge in [-0.1, -0.05) is 64.1 Å². The zero-order valence-corrected chi connectivity index (χ0v) is 17.6. The molecule has 2 aromatic carbocycles. The molecule has 1 atom stereocenters. The molecule has 0 saturated heterocycles. The first-order valence-corrected chi connectivity index (χ1v) is 10.00. The molecule has 2 rings (SSSR count). The van der Waals surface area contributed by atoms with Gasteiger partial charge in [0, 0.05) is 12.5 Å². The monoisotopic (exact) mass is 380 g/mol. The topological polar surface area (TPSA) is 58.2 Å². The Morgan fingerprint density at radius 2 is 1.64 bits per heavy atom. The van der Waals surface area contributed by atoms with Gasteiger partial charge in [0.25, 0.3) is 5.91 Å². The third kappa shape index (κ3) is 6.22. The van der Waals surface area contributed by atoms with Crippen molar-refractivity contribution >= 4 is 17.5 Å². The Morgan fingerprint density at radius 3 is 2.25 bits per heavy atom. The van der Waals surface area contributed by atoms with Gasteiger partial charge >= 0.3 is 0 Å². The van der Waals surface area contributed by atoms with Gasteiger partial charge in [-0.2, -0.15) is 0 Å². The summed E-state index contributed by atoms with van der Waals surface area (Å²) in [4.78, 5) is 24.9. The third-order valence-corrected chi connectivity index (χ3v) is 4.90. The van der Waals surface area contributed by atoms with Crippen LogP contribution in [0.5, 0.6) is 0 Å². The van der Waals surface area contributed by atoms with Crippen LogP contribution >= 0.6 is 0 Å². The van der Waals surface area contributed by atoms with Crippen molar-refractivity contribution in [3.8, 4) is 0 Å². The molecule has 0 aliphatic heterocycles. The Balaban J connectivity index is 1.97. The van der Waals surface area contributed by atoms with E-state index in [1.165, 1.54) is 5.56 Å². The number of amides is 2. The fourth-order valence-corrected chi connectivity index (χ4v) is 2.84. The van der Waals surface area contributed by atoms with E-state index in [-0.39, 0.29) is 23.3 Å². The number of nitrogens with one attached hydrogen (secondary N) is 2. The first-order valence-electron chi connectivity index (χ1n) is 10.00. The zero-order valence-electron chi connectivity index (χ0n) is 17.6. The van der Waals surface area contributed by atoms with Crippen LogP contribution in [0.2, 0.25) is 0 Å². The Hall–Kier alpha value is -2.62. The third-order valence-electron chi connectivity index (χ3n) is 4.90. The largest absolute Gasteiger partial charge is 0.350 e. The highest BCUT2D eigenvalue weighted by molar-refractivity contribution is 6.03. The second-order valence-corrected chi connectivity index (χ2v) is 8.32. The first-order chi connectivity index (χ1) is 13.2. The summed E-state index contributed by atoms with van der Waals surface area (Å²) in [5, 5.41) is 5.83.